The third-order valence-corrected chi connectivity index (χ3v) is 6.37. The second kappa shape index (κ2) is 3.70. The van der Waals surface area contributed by atoms with Crippen LogP contribution in [0.5, 0.6) is 0 Å². The molecule has 0 aromatic rings. The SMILES string of the molecule is COC(=O)[C@H](Br)C12C[C@@H]3C[C@H](CC(O)(C3)C1)C2. The molecule has 0 radical (unpaired) electrons. The van der Waals surface area contributed by atoms with E-state index >= 15 is 0 Å². The minimum absolute atomic E-state index is 0.0636. The second-order valence-electron chi connectivity index (χ2n) is 6.43. The number of carbonyl (C=O) groups excluding carboxylic acids is 1. The molecule has 3 nitrogen and oxygen atoms in total. The van der Waals surface area contributed by atoms with Gasteiger partial charge < -0.3 is 9.84 Å². The number of ether oxygens (including phenoxy) is 1. The molecular formula is C13H19BrO3. The van der Waals surface area contributed by atoms with E-state index in [1.807, 2.05) is 0 Å². The van der Waals surface area contributed by atoms with Crippen LogP contribution in [0.1, 0.15) is 38.5 Å². The predicted octanol–water partition coefficient (Wildman–Crippen LogP) is 2.25. The Morgan fingerprint density at radius 3 is 2.41 bits per heavy atom. The van der Waals surface area contributed by atoms with E-state index in [1.54, 1.807) is 0 Å². The zero-order valence-corrected chi connectivity index (χ0v) is 11.7. The summed E-state index contributed by atoms with van der Waals surface area (Å²) in [6.07, 6.45) is 6.01. The van der Waals surface area contributed by atoms with Crippen molar-refractivity contribution in [1.29, 1.82) is 0 Å². The fraction of sp³-hybridized carbons (Fsp3) is 0.923. The molecule has 4 heteroatoms. The molecule has 4 fully saturated rings. The lowest BCUT2D eigenvalue weighted by Gasteiger charge is -2.61. The summed E-state index contributed by atoms with van der Waals surface area (Å²) >= 11 is 3.53. The Labute approximate surface area is 110 Å². The number of alkyl halides is 1. The molecule has 0 aromatic carbocycles. The van der Waals surface area contributed by atoms with Crippen molar-refractivity contribution in [2.45, 2.75) is 49.0 Å². The van der Waals surface area contributed by atoms with Crippen LogP contribution in [0.25, 0.3) is 0 Å². The van der Waals surface area contributed by atoms with Crippen molar-refractivity contribution in [3.63, 3.8) is 0 Å². The lowest BCUT2D eigenvalue weighted by Crippen LogP contribution is -2.59. The number of hydrogen-bond donors (Lipinski definition) is 1. The highest BCUT2D eigenvalue weighted by Crippen LogP contribution is 2.63. The minimum Gasteiger partial charge on any atom is -0.468 e. The normalized spacial score (nSPS) is 49.1. The van der Waals surface area contributed by atoms with Crippen LogP contribution >= 0.6 is 15.9 Å². The van der Waals surface area contributed by atoms with Crippen LogP contribution in [0.2, 0.25) is 0 Å². The van der Waals surface area contributed by atoms with Crippen molar-refractivity contribution in [2.24, 2.45) is 17.3 Å². The highest BCUT2D eigenvalue weighted by atomic mass is 79.9. The van der Waals surface area contributed by atoms with Crippen LogP contribution in [-0.4, -0.2) is 28.6 Å². The molecule has 0 amide bonds. The monoisotopic (exact) mass is 302 g/mol. The Bertz CT molecular complexity index is 341. The molecular weight excluding hydrogens is 284 g/mol. The molecule has 0 aromatic heterocycles. The van der Waals surface area contributed by atoms with Gasteiger partial charge in [-0.05, 0) is 55.8 Å². The van der Waals surface area contributed by atoms with Gasteiger partial charge in [0.25, 0.3) is 0 Å². The topological polar surface area (TPSA) is 46.5 Å². The molecule has 4 bridgehead atoms. The zero-order chi connectivity index (χ0) is 12.3. The third kappa shape index (κ3) is 1.75. The summed E-state index contributed by atoms with van der Waals surface area (Å²) in [4.78, 5) is 11.5. The maximum Gasteiger partial charge on any atom is 0.320 e. The maximum absolute atomic E-state index is 11.8. The van der Waals surface area contributed by atoms with E-state index in [2.05, 4.69) is 15.9 Å². The average Bonchev–Trinajstić information content (AvgIpc) is 2.23. The number of aliphatic hydroxyl groups is 1. The largest absolute Gasteiger partial charge is 0.468 e. The van der Waals surface area contributed by atoms with E-state index in [4.69, 9.17) is 4.74 Å². The standard InChI is InChI=1S/C13H19BrO3/c1-17-11(15)10(14)12-3-8-2-9(4-12)6-13(16,5-8)7-12/h8-10,16H,2-7H2,1H3/t8-,9-,10-,12?,13?/m0/s1. The van der Waals surface area contributed by atoms with Crippen molar-refractivity contribution < 1.29 is 14.6 Å². The Kier molecular flexibility index (Phi) is 2.61. The number of methoxy groups -OCH3 is 1. The summed E-state index contributed by atoms with van der Waals surface area (Å²) in [5, 5.41) is 10.6. The Hall–Kier alpha value is -0.0900. The molecule has 4 rings (SSSR count). The molecule has 1 N–H and O–H groups in total. The van der Waals surface area contributed by atoms with Crippen LogP contribution in [-0.2, 0) is 9.53 Å². The van der Waals surface area contributed by atoms with Crippen LogP contribution in [0.3, 0.4) is 0 Å². The molecule has 0 unspecified atom stereocenters. The molecule has 3 atom stereocenters. The molecule has 0 saturated heterocycles. The van der Waals surface area contributed by atoms with Crippen molar-refractivity contribution in [1.82, 2.24) is 0 Å². The number of halogens is 1. The first-order valence-corrected chi connectivity index (χ1v) is 7.32. The number of hydrogen-bond acceptors (Lipinski definition) is 3. The quantitative estimate of drug-likeness (QED) is 0.629. The first-order chi connectivity index (χ1) is 7.96. The second-order valence-corrected chi connectivity index (χ2v) is 7.35. The first-order valence-electron chi connectivity index (χ1n) is 6.41. The maximum atomic E-state index is 11.8. The molecule has 4 saturated carbocycles. The molecule has 0 aliphatic heterocycles. The van der Waals surface area contributed by atoms with Crippen molar-refractivity contribution >= 4 is 21.9 Å². The summed E-state index contributed by atoms with van der Waals surface area (Å²) in [6.45, 7) is 0. The van der Waals surface area contributed by atoms with Crippen LogP contribution in [0, 0.1) is 17.3 Å². The molecule has 4 aliphatic carbocycles. The van der Waals surface area contributed by atoms with Crippen molar-refractivity contribution in [2.75, 3.05) is 7.11 Å². The van der Waals surface area contributed by atoms with Gasteiger partial charge in [-0.2, -0.15) is 0 Å². The summed E-state index contributed by atoms with van der Waals surface area (Å²) in [5.74, 6) is 1.02. The Morgan fingerprint density at radius 2 is 1.94 bits per heavy atom. The molecule has 0 spiro atoms. The number of carbonyl (C=O) groups is 1. The molecule has 96 valence electrons. The third-order valence-electron chi connectivity index (χ3n) is 5.02. The molecule has 4 aliphatic rings. The molecule has 0 heterocycles. The van der Waals surface area contributed by atoms with Gasteiger partial charge in [0.1, 0.15) is 4.83 Å². The minimum atomic E-state index is -0.510. The highest BCUT2D eigenvalue weighted by Gasteiger charge is 2.60. The predicted molar refractivity (Wildman–Crippen MR) is 66.8 cm³/mol. The van der Waals surface area contributed by atoms with Crippen LogP contribution in [0.4, 0.5) is 0 Å². The zero-order valence-electron chi connectivity index (χ0n) is 10.1. The van der Waals surface area contributed by atoms with E-state index in [1.165, 1.54) is 13.5 Å². The summed E-state index contributed by atoms with van der Waals surface area (Å²) in [7, 11) is 1.44. The van der Waals surface area contributed by atoms with Gasteiger partial charge in [-0.25, -0.2) is 0 Å². The Morgan fingerprint density at radius 1 is 1.35 bits per heavy atom. The fourth-order valence-electron chi connectivity index (χ4n) is 4.93. The van der Waals surface area contributed by atoms with Gasteiger partial charge in [-0.1, -0.05) is 15.9 Å². The highest BCUT2D eigenvalue weighted by molar-refractivity contribution is 9.10. The van der Waals surface area contributed by atoms with Crippen molar-refractivity contribution in [3.8, 4) is 0 Å². The van der Waals surface area contributed by atoms with E-state index < -0.39 is 5.60 Å². The number of esters is 1. The van der Waals surface area contributed by atoms with Gasteiger partial charge in [0, 0.05) is 0 Å². The van der Waals surface area contributed by atoms with Gasteiger partial charge >= 0.3 is 5.97 Å². The van der Waals surface area contributed by atoms with Gasteiger partial charge in [0.2, 0.25) is 0 Å². The summed E-state index contributed by atoms with van der Waals surface area (Å²) in [5.41, 5.74) is -0.573. The van der Waals surface area contributed by atoms with Crippen LogP contribution in [0.15, 0.2) is 0 Å². The smallest absolute Gasteiger partial charge is 0.320 e. The number of rotatable bonds is 2. The summed E-state index contributed by atoms with van der Waals surface area (Å²) < 4.78 is 4.87. The van der Waals surface area contributed by atoms with Gasteiger partial charge in [-0.3, -0.25) is 4.79 Å². The van der Waals surface area contributed by atoms with Crippen molar-refractivity contribution in [3.05, 3.63) is 0 Å². The lowest BCUT2D eigenvalue weighted by molar-refractivity contribution is -0.172. The lowest BCUT2D eigenvalue weighted by atomic mass is 9.47. The van der Waals surface area contributed by atoms with Gasteiger partial charge in [0.15, 0.2) is 0 Å². The van der Waals surface area contributed by atoms with Gasteiger partial charge in [0.05, 0.1) is 12.7 Å². The first kappa shape index (κ1) is 12.0. The fourth-order valence-corrected chi connectivity index (χ4v) is 5.66. The average molecular weight is 303 g/mol. The van der Waals surface area contributed by atoms with Crippen LogP contribution < -0.4 is 0 Å². The van der Waals surface area contributed by atoms with E-state index in [0.717, 1.165) is 32.1 Å². The summed E-state index contributed by atoms with van der Waals surface area (Å²) in [6, 6.07) is 0. The van der Waals surface area contributed by atoms with E-state index in [0.29, 0.717) is 11.8 Å². The van der Waals surface area contributed by atoms with E-state index in [9.17, 15) is 9.90 Å². The Balaban J connectivity index is 1.90. The van der Waals surface area contributed by atoms with Gasteiger partial charge in [-0.15, -0.1) is 0 Å². The molecule has 17 heavy (non-hydrogen) atoms. The van der Waals surface area contributed by atoms with E-state index in [-0.39, 0.29) is 16.2 Å².